The fourth-order valence-corrected chi connectivity index (χ4v) is 3.59. The van der Waals surface area contributed by atoms with Gasteiger partial charge in [0.15, 0.2) is 0 Å². The van der Waals surface area contributed by atoms with E-state index in [-0.39, 0.29) is 12.0 Å². The summed E-state index contributed by atoms with van der Waals surface area (Å²) in [5.74, 6) is 1.66. The van der Waals surface area contributed by atoms with Crippen LogP contribution in [0.25, 0.3) is 0 Å². The van der Waals surface area contributed by atoms with Crippen LogP contribution in [0.3, 0.4) is 0 Å². The van der Waals surface area contributed by atoms with Gasteiger partial charge >= 0.3 is 0 Å². The number of likely N-dealkylation sites (tertiary alicyclic amines) is 1. The van der Waals surface area contributed by atoms with E-state index in [9.17, 15) is 4.79 Å². The Bertz CT molecular complexity index is 511. The number of piperidine rings is 1. The van der Waals surface area contributed by atoms with Crippen LogP contribution >= 0.6 is 0 Å². The van der Waals surface area contributed by atoms with Crippen molar-refractivity contribution >= 4 is 5.91 Å². The number of carbonyl (C=O) groups excluding carboxylic acids is 1. The third kappa shape index (κ3) is 3.43. The van der Waals surface area contributed by atoms with Crippen LogP contribution in [0.2, 0.25) is 0 Å². The number of hydrogen-bond donors (Lipinski definition) is 0. The summed E-state index contributed by atoms with van der Waals surface area (Å²) in [6.07, 6.45) is 4.93. The van der Waals surface area contributed by atoms with Crippen LogP contribution in [-0.4, -0.2) is 43.7 Å². The summed E-state index contributed by atoms with van der Waals surface area (Å²) in [5.41, 5.74) is 1.24. The molecule has 2 aliphatic rings. The number of benzene rings is 1. The molecule has 0 spiro atoms. The lowest BCUT2D eigenvalue weighted by molar-refractivity contribution is -0.142. The van der Waals surface area contributed by atoms with Crippen LogP contribution in [0.4, 0.5) is 0 Å². The van der Waals surface area contributed by atoms with E-state index in [0.29, 0.717) is 5.92 Å². The predicted molar refractivity (Wildman–Crippen MR) is 85.0 cm³/mol. The lowest BCUT2D eigenvalue weighted by Crippen LogP contribution is -2.45. The average Bonchev–Trinajstić information content (AvgIpc) is 3.09. The van der Waals surface area contributed by atoms with Gasteiger partial charge in [-0.3, -0.25) is 4.79 Å². The van der Waals surface area contributed by atoms with Gasteiger partial charge in [-0.05, 0) is 49.7 Å². The molecule has 120 valence electrons. The Morgan fingerprint density at radius 3 is 2.95 bits per heavy atom. The van der Waals surface area contributed by atoms with Crippen molar-refractivity contribution in [2.24, 2.45) is 5.92 Å². The summed E-state index contributed by atoms with van der Waals surface area (Å²) in [6.45, 7) is 2.45. The van der Waals surface area contributed by atoms with E-state index in [0.717, 1.165) is 51.1 Å². The summed E-state index contributed by atoms with van der Waals surface area (Å²) in [7, 11) is 1.72. The maximum Gasteiger partial charge on any atom is 0.251 e. The molecule has 1 amide bonds. The minimum atomic E-state index is -0.190. The smallest absolute Gasteiger partial charge is 0.251 e. The Morgan fingerprint density at radius 1 is 1.32 bits per heavy atom. The fraction of sp³-hybridized carbons (Fsp3) is 0.611. The van der Waals surface area contributed by atoms with Crippen LogP contribution in [0, 0.1) is 5.92 Å². The summed E-state index contributed by atoms with van der Waals surface area (Å²) in [4.78, 5) is 14.5. The van der Waals surface area contributed by atoms with Crippen molar-refractivity contribution in [3.8, 4) is 5.75 Å². The number of ether oxygens (including phenoxy) is 2. The number of para-hydroxylation sites is 1. The third-order valence-electron chi connectivity index (χ3n) is 4.74. The molecule has 0 N–H and O–H groups in total. The molecule has 0 aliphatic carbocycles. The molecule has 0 saturated carbocycles. The van der Waals surface area contributed by atoms with Gasteiger partial charge in [-0.25, -0.2) is 0 Å². The molecule has 4 heteroatoms. The zero-order chi connectivity index (χ0) is 15.4. The molecule has 3 rings (SSSR count). The standard InChI is InChI=1S/C18H25NO3/c1-21-16-8-3-2-7-15(16)12-14-6-4-10-19(13-14)18(20)17-9-5-11-22-17/h2-3,7-8,14,17H,4-6,9-13H2,1H3/t14-,17+/m1/s1. The van der Waals surface area contributed by atoms with E-state index in [1.807, 2.05) is 17.0 Å². The van der Waals surface area contributed by atoms with E-state index >= 15 is 0 Å². The predicted octanol–water partition coefficient (Wildman–Crippen LogP) is 2.66. The Kier molecular flexibility index (Phi) is 4.98. The molecule has 2 saturated heterocycles. The maximum atomic E-state index is 12.5. The maximum absolute atomic E-state index is 12.5. The van der Waals surface area contributed by atoms with Crippen molar-refractivity contribution in [1.29, 1.82) is 0 Å². The molecule has 1 aromatic carbocycles. The lowest BCUT2D eigenvalue weighted by Gasteiger charge is -2.34. The molecule has 2 heterocycles. The summed E-state index contributed by atoms with van der Waals surface area (Å²) in [6, 6.07) is 8.18. The molecule has 0 unspecified atom stereocenters. The van der Waals surface area contributed by atoms with Gasteiger partial charge in [-0.15, -0.1) is 0 Å². The van der Waals surface area contributed by atoms with Crippen LogP contribution in [0.15, 0.2) is 24.3 Å². The van der Waals surface area contributed by atoms with Gasteiger partial charge in [0.25, 0.3) is 5.91 Å². The van der Waals surface area contributed by atoms with Crippen molar-refractivity contribution in [2.45, 2.75) is 38.2 Å². The van der Waals surface area contributed by atoms with Crippen molar-refractivity contribution in [2.75, 3.05) is 26.8 Å². The van der Waals surface area contributed by atoms with Gasteiger partial charge in [0.2, 0.25) is 0 Å². The Hall–Kier alpha value is -1.55. The number of nitrogens with zero attached hydrogens (tertiary/aromatic N) is 1. The van der Waals surface area contributed by atoms with Gasteiger partial charge in [0, 0.05) is 19.7 Å². The first-order valence-electron chi connectivity index (χ1n) is 8.30. The third-order valence-corrected chi connectivity index (χ3v) is 4.74. The second kappa shape index (κ2) is 7.14. The number of methoxy groups -OCH3 is 1. The molecule has 0 aromatic heterocycles. The van der Waals surface area contributed by atoms with Crippen molar-refractivity contribution < 1.29 is 14.3 Å². The van der Waals surface area contributed by atoms with Crippen LogP contribution in [0.5, 0.6) is 5.75 Å². The number of hydrogen-bond acceptors (Lipinski definition) is 3. The number of carbonyl (C=O) groups is 1. The van der Waals surface area contributed by atoms with E-state index in [1.165, 1.54) is 12.0 Å². The SMILES string of the molecule is COc1ccccc1C[C@H]1CCCN(C(=O)[C@@H]2CCCO2)C1. The first-order chi connectivity index (χ1) is 10.8. The fourth-order valence-electron chi connectivity index (χ4n) is 3.59. The molecule has 2 fully saturated rings. The highest BCUT2D eigenvalue weighted by molar-refractivity contribution is 5.81. The molecule has 1 aromatic rings. The van der Waals surface area contributed by atoms with Crippen LogP contribution in [-0.2, 0) is 16.0 Å². The number of rotatable bonds is 4. The molecule has 22 heavy (non-hydrogen) atoms. The van der Waals surface area contributed by atoms with E-state index in [4.69, 9.17) is 9.47 Å². The van der Waals surface area contributed by atoms with E-state index in [2.05, 4.69) is 12.1 Å². The zero-order valence-electron chi connectivity index (χ0n) is 13.3. The normalized spacial score (nSPS) is 25.2. The molecule has 4 nitrogen and oxygen atoms in total. The molecular weight excluding hydrogens is 278 g/mol. The summed E-state index contributed by atoms with van der Waals surface area (Å²) >= 11 is 0. The summed E-state index contributed by atoms with van der Waals surface area (Å²) in [5, 5.41) is 0. The largest absolute Gasteiger partial charge is 0.496 e. The van der Waals surface area contributed by atoms with E-state index < -0.39 is 0 Å². The van der Waals surface area contributed by atoms with Gasteiger partial charge in [0.05, 0.1) is 7.11 Å². The van der Waals surface area contributed by atoms with Crippen LogP contribution in [0.1, 0.15) is 31.2 Å². The summed E-state index contributed by atoms with van der Waals surface area (Å²) < 4.78 is 11.0. The Labute approximate surface area is 132 Å². The van der Waals surface area contributed by atoms with Gasteiger partial charge < -0.3 is 14.4 Å². The van der Waals surface area contributed by atoms with E-state index in [1.54, 1.807) is 7.11 Å². The molecule has 0 radical (unpaired) electrons. The van der Waals surface area contributed by atoms with Crippen LogP contribution < -0.4 is 4.74 Å². The second-order valence-corrected chi connectivity index (χ2v) is 6.31. The van der Waals surface area contributed by atoms with Crippen molar-refractivity contribution in [3.05, 3.63) is 29.8 Å². The molecular formula is C18H25NO3. The molecule has 2 aliphatic heterocycles. The molecule has 0 bridgehead atoms. The first-order valence-corrected chi connectivity index (χ1v) is 8.30. The minimum absolute atomic E-state index is 0.190. The van der Waals surface area contributed by atoms with Gasteiger partial charge in [0.1, 0.15) is 11.9 Å². The average molecular weight is 303 g/mol. The highest BCUT2D eigenvalue weighted by atomic mass is 16.5. The Balaban J connectivity index is 1.61. The first kappa shape index (κ1) is 15.3. The van der Waals surface area contributed by atoms with Gasteiger partial charge in [-0.1, -0.05) is 18.2 Å². The highest BCUT2D eigenvalue weighted by Crippen LogP contribution is 2.27. The topological polar surface area (TPSA) is 38.8 Å². The minimum Gasteiger partial charge on any atom is -0.496 e. The second-order valence-electron chi connectivity index (χ2n) is 6.31. The quantitative estimate of drug-likeness (QED) is 0.858. The Morgan fingerprint density at radius 2 is 2.18 bits per heavy atom. The monoisotopic (exact) mass is 303 g/mol. The van der Waals surface area contributed by atoms with Crippen molar-refractivity contribution in [3.63, 3.8) is 0 Å². The van der Waals surface area contributed by atoms with Crippen molar-refractivity contribution in [1.82, 2.24) is 4.90 Å². The van der Waals surface area contributed by atoms with Gasteiger partial charge in [-0.2, -0.15) is 0 Å². The number of amides is 1. The lowest BCUT2D eigenvalue weighted by atomic mass is 9.90. The zero-order valence-corrected chi connectivity index (χ0v) is 13.3. The molecule has 2 atom stereocenters. The highest BCUT2D eigenvalue weighted by Gasteiger charge is 2.31.